The van der Waals surface area contributed by atoms with Crippen molar-refractivity contribution in [2.75, 3.05) is 32.7 Å². The minimum atomic E-state index is -0.507. The zero-order valence-corrected chi connectivity index (χ0v) is 15.1. The minimum absolute atomic E-state index is 0.0200. The molecule has 2 amide bonds. The standard InChI is InChI=1S/C20H29N3O2/c1-3-5-11-19(24)21-18(16-17-9-7-6-8-10-17)20(25)23-14-12-22(4-2)13-15-23/h3,6-10,18H,1,4-5,11-16H2,2H3,(H,21,24). The van der Waals surface area contributed by atoms with Crippen LogP contribution < -0.4 is 5.32 Å². The van der Waals surface area contributed by atoms with Crippen LogP contribution in [0.4, 0.5) is 0 Å². The zero-order valence-electron chi connectivity index (χ0n) is 15.1. The first kappa shape index (κ1) is 19.2. The van der Waals surface area contributed by atoms with Crippen molar-refractivity contribution in [1.82, 2.24) is 15.1 Å². The number of likely N-dealkylation sites (N-methyl/N-ethyl adjacent to an activating group) is 1. The van der Waals surface area contributed by atoms with Gasteiger partial charge in [-0.05, 0) is 18.5 Å². The Morgan fingerprint density at radius 2 is 1.88 bits per heavy atom. The van der Waals surface area contributed by atoms with E-state index in [4.69, 9.17) is 0 Å². The van der Waals surface area contributed by atoms with E-state index >= 15 is 0 Å². The van der Waals surface area contributed by atoms with Gasteiger partial charge in [-0.1, -0.05) is 43.3 Å². The first-order chi connectivity index (χ1) is 12.1. The number of piperazine rings is 1. The van der Waals surface area contributed by atoms with E-state index in [2.05, 4.69) is 23.7 Å². The van der Waals surface area contributed by atoms with Crippen molar-refractivity contribution < 1.29 is 9.59 Å². The topological polar surface area (TPSA) is 52.7 Å². The van der Waals surface area contributed by atoms with Gasteiger partial charge in [0.2, 0.25) is 11.8 Å². The largest absolute Gasteiger partial charge is 0.344 e. The highest BCUT2D eigenvalue weighted by Gasteiger charge is 2.28. The van der Waals surface area contributed by atoms with E-state index in [0.717, 1.165) is 38.3 Å². The second-order valence-electron chi connectivity index (χ2n) is 6.40. The average molecular weight is 343 g/mol. The number of nitrogens with one attached hydrogen (secondary N) is 1. The number of hydrogen-bond acceptors (Lipinski definition) is 3. The fraction of sp³-hybridized carbons (Fsp3) is 0.500. The normalized spacial score (nSPS) is 16.3. The van der Waals surface area contributed by atoms with Gasteiger partial charge in [-0.25, -0.2) is 0 Å². The third kappa shape index (κ3) is 6.02. The summed E-state index contributed by atoms with van der Waals surface area (Å²) in [6.07, 6.45) is 3.23. The number of rotatable bonds is 8. The molecule has 0 saturated carbocycles. The van der Waals surface area contributed by atoms with Crippen molar-refractivity contribution in [2.45, 2.75) is 32.2 Å². The Labute approximate surface area is 150 Å². The van der Waals surface area contributed by atoms with Crippen LogP contribution in [0.1, 0.15) is 25.3 Å². The second kappa shape index (κ2) is 9.99. The van der Waals surface area contributed by atoms with E-state index in [9.17, 15) is 9.59 Å². The first-order valence-corrected chi connectivity index (χ1v) is 9.09. The summed E-state index contributed by atoms with van der Waals surface area (Å²) in [4.78, 5) is 29.3. The van der Waals surface area contributed by atoms with Gasteiger partial charge < -0.3 is 15.1 Å². The lowest BCUT2D eigenvalue weighted by Crippen LogP contribution is -2.55. The van der Waals surface area contributed by atoms with Crippen LogP contribution in [-0.4, -0.2) is 60.4 Å². The fourth-order valence-corrected chi connectivity index (χ4v) is 3.05. The highest BCUT2D eigenvalue weighted by Crippen LogP contribution is 2.09. The third-order valence-corrected chi connectivity index (χ3v) is 4.62. The summed E-state index contributed by atoms with van der Waals surface area (Å²) in [6, 6.07) is 9.34. The summed E-state index contributed by atoms with van der Waals surface area (Å²) >= 11 is 0. The molecule has 1 saturated heterocycles. The number of carbonyl (C=O) groups is 2. The summed E-state index contributed by atoms with van der Waals surface area (Å²) in [7, 11) is 0. The average Bonchev–Trinajstić information content (AvgIpc) is 2.66. The van der Waals surface area contributed by atoms with Crippen molar-refractivity contribution in [3.05, 3.63) is 48.6 Å². The van der Waals surface area contributed by atoms with E-state index in [1.165, 1.54) is 0 Å². The molecule has 1 heterocycles. The van der Waals surface area contributed by atoms with Gasteiger partial charge in [0.1, 0.15) is 6.04 Å². The molecule has 5 heteroatoms. The van der Waals surface area contributed by atoms with Gasteiger partial charge in [0.05, 0.1) is 0 Å². The Hall–Kier alpha value is -2.14. The summed E-state index contributed by atoms with van der Waals surface area (Å²) < 4.78 is 0. The molecular weight excluding hydrogens is 314 g/mol. The molecule has 0 bridgehead atoms. The lowest BCUT2D eigenvalue weighted by molar-refractivity contribution is -0.137. The van der Waals surface area contributed by atoms with Crippen molar-refractivity contribution in [3.8, 4) is 0 Å². The number of amides is 2. The Morgan fingerprint density at radius 1 is 1.20 bits per heavy atom. The number of carbonyl (C=O) groups excluding carboxylic acids is 2. The molecular formula is C20H29N3O2. The van der Waals surface area contributed by atoms with E-state index in [0.29, 0.717) is 19.3 Å². The molecule has 0 spiro atoms. The Balaban J connectivity index is 2.03. The van der Waals surface area contributed by atoms with Gasteiger partial charge in [-0.2, -0.15) is 0 Å². The summed E-state index contributed by atoms with van der Waals surface area (Å²) in [5.74, 6) is -0.0760. The third-order valence-electron chi connectivity index (χ3n) is 4.62. The second-order valence-corrected chi connectivity index (χ2v) is 6.40. The lowest BCUT2D eigenvalue weighted by atomic mass is 10.0. The molecule has 5 nitrogen and oxygen atoms in total. The van der Waals surface area contributed by atoms with Crippen LogP contribution in [0.25, 0.3) is 0 Å². The Morgan fingerprint density at radius 3 is 2.48 bits per heavy atom. The van der Waals surface area contributed by atoms with Gasteiger partial charge in [0, 0.05) is 39.0 Å². The van der Waals surface area contributed by atoms with E-state index in [1.54, 1.807) is 6.08 Å². The van der Waals surface area contributed by atoms with Crippen LogP contribution in [0.15, 0.2) is 43.0 Å². The minimum Gasteiger partial charge on any atom is -0.344 e. The fourth-order valence-electron chi connectivity index (χ4n) is 3.05. The molecule has 1 aromatic rings. The van der Waals surface area contributed by atoms with Crippen LogP contribution in [0.2, 0.25) is 0 Å². The molecule has 0 aliphatic carbocycles. The molecule has 1 aliphatic heterocycles. The lowest BCUT2D eigenvalue weighted by Gasteiger charge is -2.36. The Bertz CT molecular complexity index is 566. The number of nitrogens with zero attached hydrogens (tertiary/aromatic N) is 2. The molecule has 1 atom stereocenters. The maximum atomic E-state index is 13.0. The first-order valence-electron chi connectivity index (χ1n) is 9.09. The number of hydrogen-bond donors (Lipinski definition) is 1. The molecule has 1 fully saturated rings. The predicted octanol–water partition coefficient (Wildman–Crippen LogP) is 1.84. The quantitative estimate of drug-likeness (QED) is 0.733. The van der Waals surface area contributed by atoms with Crippen LogP contribution in [0, 0.1) is 0 Å². The van der Waals surface area contributed by atoms with Crippen molar-refractivity contribution >= 4 is 11.8 Å². The SMILES string of the molecule is C=CCCC(=O)NC(Cc1ccccc1)C(=O)N1CCN(CC)CC1. The maximum Gasteiger partial charge on any atom is 0.245 e. The molecule has 25 heavy (non-hydrogen) atoms. The zero-order chi connectivity index (χ0) is 18.1. The van der Waals surface area contributed by atoms with E-state index in [1.807, 2.05) is 35.2 Å². The Kier molecular flexibility index (Phi) is 7.67. The molecule has 1 aliphatic rings. The van der Waals surface area contributed by atoms with Gasteiger partial charge in [-0.3, -0.25) is 9.59 Å². The van der Waals surface area contributed by atoms with Gasteiger partial charge in [0.15, 0.2) is 0 Å². The smallest absolute Gasteiger partial charge is 0.245 e. The molecule has 1 aromatic carbocycles. The van der Waals surface area contributed by atoms with Crippen molar-refractivity contribution in [1.29, 1.82) is 0 Å². The summed E-state index contributed by atoms with van der Waals surface area (Å²) in [6.45, 7) is 10.0. The molecule has 2 rings (SSSR count). The molecule has 1 unspecified atom stereocenters. The van der Waals surface area contributed by atoms with Gasteiger partial charge >= 0.3 is 0 Å². The molecule has 1 N–H and O–H groups in total. The van der Waals surface area contributed by atoms with E-state index in [-0.39, 0.29) is 11.8 Å². The summed E-state index contributed by atoms with van der Waals surface area (Å²) in [5, 5.41) is 2.93. The molecule has 136 valence electrons. The van der Waals surface area contributed by atoms with E-state index < -0.39 is 6.04 Å². The maximum absolute atomic E-state index is 13.0. The predicted molar refractivity (Wildman–Crippen MR) is 100 cm³/mol. The van der Waals surface area contributed by atoms with Crippen LogP contribution in [-0.2, 0) is 16.0 Å². The monoisotopic (exact) mass is 343 g/mol. The van der Waals surface area contributed by atoms with Gasteiger partial charge in [0.25, 0.3) is 0 Å². The highest BCUT2D eigenvalue weighted by atomic mass is 16.2. The number of benzene rings is 1. The van der Waals surface area contributed by atoms with Gasteiger partial charge in [-0.15, -0.1) is 6.58 Å². The van der Waals surface area contributed by atoms with Crippen LogP contribution in [0.3, 0.4) is 0 Å². The number of allylic oxidation sites excluding steroid dienone is 1. The van der Waals surface area contributed by atoms with Crippen LogP contribution in [0.5, 0.6) is 0 Å². The molecule has 0 radical (unpaired) electrons. The summed E-state index contributed by atoms with van der Waals surface area (Å²) in [5.41, 5.74) is 1.05. The van der Waals surface area contributed by atoms with Crippen molar-refractivity contribution in [2.24, 2.45) is 0 Å². The van der Waals surface area contributed by atoms with Crippen molar-refractivity contribution in [3.63, 3.8) is 0 Å². The highest BCUT2D eigenvalue weighted by molar-refractivity contribution is 5.88. The van der Waals surface area contributed by atoms with Crippen LogP contribution >= 0.6 is 0 Å². The molecule has 0 aromatic heterocycles.